The van der Waals surface area contributed by atoms with Crippen molar-refractivity contribution in [2.24, 2.45) is 13.0 Å². The third kappa shape index (κ3) is 2.94. The third-order valence-electron chi connectivity index (χ3n) is 4.11. The molecular weight excluding hydrogens is 299 g/mol. The van der Waals surface area contributed by atoms with E-state index in [1.54, 1.807) is 48.2 Å². The minimum Gasteiger partial charge on any atom is -0.338 e. The fourth-order valence-corrected chi connectivity index (χ4v) is 2.94. The van der Waals surface area contributed by atoms with Gasteiger partial charge in [0.2, 0.25) is 11.8 Å². The van der Waals surface area contributed by atoms with E-state index >= 15 is 0 Å². The normalized spacial score (nSPS) is 20.8. The van der Waals surface area contributed by atoms with Gasteiger partial charge in [-0.1, -0.05) is 12.1 Å². The highest BCUT2D eigenvalue weighted by atomic mass is 19.1. The van der Waals surface area contributed by atoms with Crippen molar-refractivity contribution >= 4 is 17.5 Å². The van der Waals surface area contributed by atoms with Crippen molar-refractivity contribution in [2.75, 3.05) is 12.4 Å². The van der Waals surface area contributed by atoms with E-state index in [0.29, 0.717) is 5.69 Å². The van der Waals surface area contributed by atoms with Gasteiger partial charge in [0, 0.05) is 26.7 Å². The number of hydrogen-bond acceptors (Lipinski definition) is 3. The summed E-state index contributed by atoms with van der Waals surface area (Å²) in [6.07, 6.45) is 3.36. The lowest BCUT2D eigenvalue weighted by atomic mass is 9.93. The summed E-state index contributed by atoms with van der Waals surface area (Å²) < 4.78 is 14.7. The highest BCUT2D eigenvalue weighted by molar-refractivity contribution is 5.97. The molecule has 1 aromatic carbocycles. The molecule has 7 heteroatoms. The molecule has 1 aliphatic heterocycles. The molecule has 0 bridgehead atoms. The number of halogens is 1. The van der Waals surface area contributed by atoms with Crippen LogP contribution in [0.1, 0.15) is 18.0 Å². The summed E-state index contributed by atoms with van der Waals surface area (Å²) in [5.41, 5.74) is 1.32. The van der Waals surface area contributed by atoms with Gasteiger partial charge in [0.1, 0.15) is 5.82 Å². The molecule has 2 amide bonds. The molecule has 2 heterocycles. The number of nitrogens with zero attached hydrogens (tertiary/aromatic N) is 3. The van der Waals surface area contributed by atoms with E-state index in [1.807, 2.05) is 0 Å². The van der Waals surface area contributed by atoms with Crippen LogP contribution in [0.15, 0.2) is 36.7 Å². The number of carbonyl (C=O) groups is 2. The quantitative estimate of drug-likeness (QED) is 0.937. The molecule has 3 rings (SSSR count). The average molecular weight is 316 g/mol. The average Bonchev–Trinajstić information content (AvgIpc) is 3.05. The number of carbonyl (C=O) groups excluding carboxylic acids is 2. The standard InChI is InChI=1S/C16H17FN4O2/c1-20-9-12(8-18-20)19-16(23)13-7-14(22)21(2)15(13)10-3-5-11(17)6-4-10/h3-6,8-9,13,15H,7H2,1-2H3,(H,19,23)/t13-,15+/m1/s1. The molecule has 0 aliphatic carbocycles. The predicted octanol–water partition coefficient (Wildman–Crippen LogP) is 1.72. The molecule has 6 nitrogen and oxygen atoms in total. The molecule has 0 radical (unpaired) electrons. The van der Waals surface area contributed by atoms with E-state index in [0.717, 1.165) is 5.56 Å². The Hall–Kier alpha value is -2.70. The van der Waals surface area contributed by atoms with Crippen LogP contribution < -0.4 is 5.32 Å². The first-order chi connectivity index (χ1) is 11.0. The van der Waals surface area contributed by atoms with E-state index in [2.05, 4.69) is 10.4 Å². The van der Waals surface area contributed by atoms with Gasteiger partial charge in [0.15, 0.2) is 0 Å². The van der Waals surface area contributed by atoms with E-state index in [1.165, 1.54) is 12.1 Å². The van der Waals surface area contributed by atoms with Crippen molar-refractivity contribution in [1.29, 1.82) is 0 Å². The first-order valence-electron chi connectivity index (χ1n) is 7.26. The van der Waals surface area contributed by atoms with Crippen molar-refractivity contribution in [3.05, 3.63) is 48.0 Å². The Morgan fingerprint density at radius 3 is 2.61 bits per heavy atom. The van der Waals surface area contributed by atoms with Gasteiger partial charge in [-0.05, 0) is 17.7 Å². The summed E-state index contributed by atoms with van der Waals surface area (Å²) in [4.78, 5) is 26.2. The second-order valence-corrected chi connectivity index (χ2v) is 5.70. The molecule has 1 fully saturated rings. The number of anilines is 1. The fraction of sp³-hybridized carbons (Fsp3) is 0.312. The van der Waals surface area contributed by atoms with Crippen molar-refractivity contribution in [3.8, 4) is 0 Å². The van der Waals surface area contributed by atoms with Gasteiger partial charge in [-0.25, -0.2) is 4.39 Å². The maximum atomic E-state index is 13.1. The van der Waals surface area contributed by atoms with Crippen LogP contribution >= 0.6 is 0 Å². The Balaban J connectivity index is 1.85. The number of amides is 2. The van der Waals surface area contributed by atoms with Gasteiger partial charge in [-0.3, -0.25) is 14.3 Å². The van der Waals surface area contributed by atoms with E-state index in [4.69, 9.17) is 0 Å². The highest BCUT2D eigenvalue weighted by Crippen LogP contribution is 2.37. The van der Waals surface area contributed by atoms with Crippen LogP contribution in [-0.4, -0.2) is 33.5 Å². The van der Waals surface area contributed by atoms with Crippen molar-refractivity contribution in [2.45, 2.75) is 12.5 Å². The van der Waals surface area contributed by atoms with Crippen LogP contribution in [0, 0.1) is 11.7 Å². The topological polar surface area (TPSA) is 67.2 Å². The molecule has 1 saturated heterocycles. The number of aryl methyl sites for hydroxylation is 1. The summed E-state index contributed by atoms with van der Waals surface area (Å²) in [6, 6.07) is 5.49. The molecule has 0 unspecified atom stereocenters. The van der Waals surface area contributed by atoms with Gasteiger partial charge < -0.3 is 10.2 Å². The maximum Gasteiger partial charge on any atom is 0.230 e. The minimum absolute atomic E-state index is 0.106. The van der Waals surface area contributed by atoms with Gasteiger partial charge in [0.25, 0.3) is 0 Å². The van der Waals surface area contributed by atoms with Crippen LogP contribution in [-0.2, 0) is 16.6 Å². The Bertz CT molecular complexity index is 741. The lowest BCUT2D eigenvalue weighted by molar-refractivity contribution is -0.127. The zero-order valence-electron chi connectivity index (χ0n) is 12.9. The molecule has 0 spiro atoms. The van der Waals surface area contributed by atoms with Crippen molar-refractivity contribution in [1.82, 2.24) is 14.7 Å². The Morgan fingerprint density at radius 2 is 2.00 bits per heavy atom. The number of aromatic nitrogens is 2. The molecule has 2 aromatic rings. The molecule has 1 aromatic heterocycles. The Morgan fingerprint density at radius 1 is 1.30 bits per heavy atom. The molecular formula is C16H17FN4O2. The van der Waals surface area contributed by atoms with Crippen LogP contribution in [0.25, 0.3) is 0 Å². The summed E-state index contributed by atoms with van der Waals surface area (Å²) in [5.74, 6) is -1.23. The predicted molar refractivity (Wildman–Crippen MR) is 81.9 cm³/mol. The number of benzene rings is 1. The number of nitrogens with one attached hydrogen (secondary N) is 1. The molecule has 1 N–H and O–H groups in total. The molecule has 120 valence electrons. The number of rotatable bonds is 3. The van der Waals surface area contributed by atoms with E-state index < -0.39 is 12.0 Å². The van der Waals surface area contributed by atoms with Crippen LogP contribution in [0.5, 0.6) is 0 Å². The molecule has 0 saturated carbocycles. The fourth-order valence-electron chi connectivity index (χ4n) is 2.94. The minimum atomic E-state index is -0.529. The van der Waals surface area contributed by atoms with Crippen LogP contribution in [0.2, 0.25) is 0 Å². The second-order valence-electron chi connectivity index (χ2n) is 5.70. The summed E-state index contributed by atoms with van der Waals surface area (Å²) >= 11 is 0. The van der Waals surface area contributed by atoms with Gasteiger partial charge in [-0.2, -0.15) is 5.10 Å². The van der Waals surface area contributed by atoms with Crippen LogP contribution in [0.3, 0.4) is 0 Å². The second kappa shape index (κ2) is 5.83. The zero-order chi connectivity index (χ0) is 16.6. The Kier molecular flexibility index (Phi) is 3.85. The third-order valence-corrected chi connectivity index (χ3v) is 4.11. The number of hydrogen-bond donors (Lipinski definition) is 1. The summed E-state index contributed by atoms with van der Waals surface area (Å²) in [5, 5.41) is 6.78. The van der Waals surface area contributed by atoms with Gasteiger partial charge in [0.05, 0.1) is 23.8 Å². The summed E-state index contributed by atoms with van der Waals surface area (Å²) in [6.45, 7) is 0. The van der Waals surface area contributed by atoms with Crippen molar-refractivity contribution in [3.63, 3.8) is 0 Å². The molecule has 2 atom stereocenters. The smallest absolute Gasteiger partial charge is 0.230 e. The van der Waals surface area contributed by atoms with Crippen LogP contribution in [0.4, 0.5) is 10.1 Å². The van der Waals surface area contributed by atoms with E-state index in [9.17, 15) is 14.0 Å². The Labute approximate surface area is 132 Å². The molecule has 23 heavy (non-hydrogen) atoms. The molecule has 1 aliphatic rings. The maximum absolute atomic E-state index is 13.1. The first-order valence-corrected chi connectivity index (χ1v) is 7.26. The van der Waals surface area contributed by atoms with Gasteiger partial charge >= 0.3 is 0 Å². The largest absolute Gasteiger partial charge is 0.338 e. The first kappa shape index (κ1) is 15.2. The van der Waals surface area contributed by atoms with E-state index in [-0.39, 0.29) is 24.1 Å². The summed E-state index contributed by atoms with van der Waals surface area (Å²) in [7, 11) is 3.41. The number of likely N-dealkylation sites (tertiary alicyclic amines) is 1. The van der Waals surface area contributed by atoms with Gasteiger partial charge in [-0.15, -0.1) is 0 Å². The monoisotopic (exact) mass is 316 g/mol. The SMILES string of the molecule is CN1C(=O)C[C@@H](C(=O)Nc2cnn(C)c2)[C@@H]1c1ccc(F)cc1. The van der Waals surface area contributed by atoms with Crippen molar-refractivity contribution < 1.29 is 14.0 Å². The zero-order valence-corrected chi connectivity index (χ0v) is 12.9. The lowest BCUT2D eigenvalue weighted by Crippen LogP contribution is -2.29. The highest BCUT2D eigenvalue weighted by Gasteiger charge is 2.42. The lowest BCUT2D eigenvalue weighted by Gasteiger charge is -2.24.